The maximum Gasteiger partial charge on any atom is 0.303 e. The summed E-state index contributed by atoms with van der Waals surface area (Å²) in [6, 6.07) is 13.1. The van der Waals surface area contributed by atoms with Gasteiger partial charge in [-0.15, -0.1) is 11.3 Å². The van der Waals surface area contributed by atoms with Crippen molar-refractivity contribution in [2.75, 3.05) is 7.11 Å². The van der Waals surface area contributed by atoms with Crippen LogP contribution in [-0.2, 0) is 11.2 Å². The number of carbonyl (C=O) groups is 2. The Morgan fingerprint density at radius 2 is 1.82 bits per heavy atom. The number of benzene rings is 2. The largest absolute Gasteiger partial charge is 0.497 e. The molecule has 3 rings (SSSR count). The van der Waals surface area contributed by atoms with Crippen LogP contribution in [-0.4, -0.2) is 24.1 Å². The zero-order valence-electron chi connectivity index (χ0n) is 15.7. The van der Waals surface area contributed by atoms with Crippen LogP contribution in [0.4, 0.5) is 0 Å². The van der Waals surface area contributed by atoms with E-state index in [2.05, 4.69) is 5.38 Å². The average Bonchev–Trinajstić information content (AvgIpc) is 3.10. The SMILES string of the molecule is COc1ccc(-c2csc(CCC(=O)O)c2-c2ccc(C(N)=O)cc2C)cc1. The fourth-order valence-electron chi connectivity index (χ4n) is 3.18. The Hall–Kier alpha value is -3.12. The summed E-state index contributed by atoms with van der Waals surface area (Å²) >= 11 is 1.55. The van der Waals surface area contributed by atoms with Crippen molar-refractivity contribution in [3.05, 3.63) is 63.8 Å². The minimum atomic E-state index is -0.828. The van der Waals surface area contributed by atoms with Crippen LogP contribution < -0.4 is 10.5 Å². The van der Waals surface area contributed by atoms with Gasteiger partial charge < -0.3 is 15.6 Å². The van der Waals surface area contributed by atoms with E-state index in [0.717, 1.165) is 38.4 Å². The van der Waals surface area contributed by atoms with Gasteiger partial charge in [0, 0.05) is 21.6 Å². The minimum absolute atomic E-state index is 0.0635. The van der Waals surface area contributed by atoms with E-state index < -0.39 is 11.9 Å². The predicted octanol–water partition coefficient (Wildman–Crippen LogP) is 4.52. The summed E-state index contributed by atoms with van der Waals surface area (Å²) in [6.45, 7) is 1.93. The number of hydrogen-bond donors (Lipinski definition) is 2. The van der Waals surface area contributed by atoms with Crippen molar-refractivity contribution in [3.8, 4) is 28.0 Å². The van der Waals surface area contributed by atoms with E-state index >= 15 is 0 Å². The molecule has 1 aromatic heterocycles. The number of aryl methyl sites for hydroxylation is 2. The summed E-state index contributed by atoms with van der Waals surface area (Å²) < 4.78 is 5.24. The second-order valence-corrected chi connectivity index (χ2v) is 7.43. The fraction of sp³-hybridized carbons (Fsp3) is 0.182. The Bertz CT molecular complexity index is 1020. The average molecular weight is 395 g/mol. The highest BCUT2D eigenvalue weighted by atomic mass is 32.1. The summed E-state index contributed by atoms with van der Waals surface area (Å²) in [5, 5.41) is 11.2. The van der Waals surface area contributed by atoms with Gasteiger partial charge in [-0.05, 0) is 59.7 Å². The molecule has 1 heterocycles. The molecule has 3 aromatic rings. The van der Waals surface area contributed by atoms with Crippen molar-refractivity contribution in [2.24, 2.45) is 5.73 Å². The first kappa shape index (κ1) is 19.6. The lowest BCUT2D eigenvalue weighted by atomic mass is 9.92. The molecule has 0 fully saturated rings. The van der Waals surface area contributed by atoms with Gasteiger partial charge in [0.15, 0.2) is 0 Å². The van der Waals surface area contributed by atoms with Gasteiger partial charge in [0.1, 0.15) is 5.75 Å². The summed E-state index contributed by atoms with van der Waals surface area (Å²) in [7, 11) is 1.62. The zero-order valence-corrected chi connectivity index (χ0v) is 16.5. The highest BCUT2D eigenvalue weighted by Crippen LogP contribution is 2.41. The number of hydrogen-bond acceptors (Lipinski definition) is 4. The third kappa shape index (κ3) is 4.07. The first-order chi connectivity index (χ1) is 13.4. The van der Waals surface area contributed by atoms with Crippen molar-refractivity contribution in [2.45, 2.75) is 19.8 Å². The smallest absolute Gasteiger partial charge is 0.303 e. The van der Waals surface area contributed by atoms with E-state index in [0.29, 0.717) is 12.0 Å². The first-order valence-corrected chi connectivity index (χ1v) is 9.66. The van der Waals surface area contributed by atoms with E-state index in [4.69, 9.17) is 15.6 Å². The molecule has 0 atom stereocenters. The van der Waals surface area contributed by atoms with E-state index in [1.165, 1.54) is 0 Å². The van der Waals surface area contributed by atoms with Crippen molar-refractivity contribution in [1.29, 1.82) is 0 Å². The number of carboxylic acid groups (broad SMARTS) is 1. The highest BCUT2D eigenvalue weighted by molar-refractivity contribution is 7.11. The molecule has 0 saturated heterocycles. The first-order valence-electron chi connectivity index (χ1n) is 8.78. The van der Waals surface area contributed by atoms with Gasteiger partial charge in [-0.3, -0.25) is 9.59 Å². The summed E-state index contributed by atoms with van der Waals surface area (Å²) in [4.78, 5) is 23.6. The summed E-state index contributed by atoms with van der Waals surface area (Å²) in [6.07, 6.45) is 0.510. The van der Waals surface area contributed by atoms with Gasteiger partial charge in [0.25, 0.3) is 0 Å². The van der Waals surface area contributed by atoms with E-state index in [9.17, 15) is 9.59 Å². The van der Waals surface area contributed by atoms with Crippen LogP contribution >= 0.6 is 11.3 Å². The zero-order chi connectivity index (χ0) is 20.3. The molecule has 6 heteroatoms. The lowest BCUT2D eigenvalue weighted by molar-refractivity contribution is -0.136. The Morgan fingerprint density at radius 3 is 2.39 bits per heavy atom. The molecule has 0 bridgehead atoms. The number of primary amides is 1. The van der Waals surface area contributed by atoms with Crippen LogP contribution in [0.3, 0.4) is 0 Å². The minimum Gasteiger partial charge on any atom is -0.497 e. The Morgan fingerprint density at radius 1 is 1.11 bits per heavy atom. The van der Waals surface area contributed by atoms with E-state index in [1.807, 2.05) is 37.3 Å². The molecule has 5 nitrogen and oxygen atoms in total. The normalized spacial score (nSPS) is 10.6. The number of rotatable bonds is 7. The lowest BCUT2D eigenvalue weighted by Gasteiger charge is -2.12. The third-order valence-corrected chi connectivity index (χ3v) is 5.66. The number of carbonyl (C=O) groups excluding carboxylic acids is 1. The Labute approximate surface area is 167 Å². The van der Waals surface area contributed by atoms with Crippen LogP contribution in [0.25, 0.3) is 22.3 Å². The molecule has 0 aliphatic heterocycles. The maximum absolute atomic E-state index is 11.5. The van der Waals surface area contributed by atoms with Gasteiger partial charge in [-0.25, -0.2) is 0 Å². The number of carboxylic acids is 1. The molecule has 0 unspecified atom stereocenters. The van der Waals surface area contributed by atoms with Crippen molar-refractivity contribution < 1.29 is 19.4 Å². The van der Waals surface area contributed by atoms with Crippen LogP contribution in [0.5, 0.6) is 5.75 Å². The number of methoxy groups -OCH3 is 1. The quantitative estimate of drug-likeness (QED) is 0.616. The van der Waals surface area contributed by atoms with Crippen LogP contribution in [0.2, 0.25) is 0 Å². The summed E-state index contributed by atoms with van der Waals surface area (Å²) in [5.74, 6) is -0.527. The second kappa shape index (κ2) is 8.27. The Kier molecular flexibility index (Phi) is 5.80. The maximum atomic E-state index is 11.5. The number of ether oxygens (including phenoxy) is 1. The third-order valence-electron chi connectivity index (χ3n) is 4.61. The van der Waals surface area contributed by atoms with E-state index in [-0.39, 0.29) is 6.42 Å². The number of aliphatic carboxylic acids is 1. The fourth-order valence-corrected chi connectivity index (χ4v) is 4.25. The van der Waals surface area contributed by atoms with Crippen molar-refractivity contribution in [1.82, 2.24) is 0 Å². The molecule has 0 saturated carbocycles. The second-order valence-electron chi connectivity index (χ2n) is 6.46. The highest BCUT2D eigenvalue weighted by Gasteiger charge is 2.18. The molecule has 2 aromatic carbocycles. The molecule has 0 radical (unpaired) electrons. The monoisotopic (exact) mass is 395 g/mol. The van der Waals surface area contributed by atoms with Crippen LogP contribution in [0.15, 0.2) is 47.8 Å². The molecule has 28 heavy (non-hydrogen) atoms. The molecular weight excluding hydrogens is 374 g/mol. The van der Waals surface area contributed by atoms with E-state index in [1.54, 1.807) is 30.6 Å². The molecular formula is C22H21NO4S. The summed E-state index contributed by atoms with van der Waals surface area (Å²) in [5.41, 5.74) is 10.8. The number of thiophene rings is 1. The standard InChI is InChI=1S/C22H21NO4S/c1-13-11-15(22(23)26)5-8-17(13)21-18(12-28-19(21)9-10-20(24)25)14-3-6-16(27-2)7-4-14/h3-8,11-12H,9-10H2,1-2H3,(H2,23,26)(H,24,25). The molecule has 1 amide bonds. The molecule has 144 valence electrons. The Balaban J connectivity index is 2.14. The van der Waals surface area contributed by atoms with Crippen molar-refractivity contribution in [3.63, 3.8) is 0 Å². The number of amides is 1. The molecule has 0 aliphatic carbocycles. The van der Waals surface area contributed by atoms with Gasteiger partial charge >= 0.3 is 5.97 Å². The van der Waals surface area contributed by atoms with Gasteiger partial charge in [0.05, 0.1) is 13.5 Å². The van der Waals surface area contributed by atoms with Crippen molar-refractivity contribution >= 4 is 23.2 Å². The van der Waals surface area contributed by atoms with Gasteiger partial charge in [-0.2, -0.15) is 0 Å². The van der Waals surface area contributed by atoms with Crippen LogP contribution in [0.1, 0.15) is 27.2 Å². The van der Waals surface area contributed by atoms with Crippen LogP contribution in [0, 0.1) is 6.92 Å². The topological polar surface area (TPSA) is 89.6 Å². The predicted molar refractivity (Wildman–Crippen MR) is 111 cm³/mol. The molecule has 0 aliphatic rings. The number of nitrogens with two attached hydrogens (primary N) is 1. The molecule has 0 spiro atoms. The lowest BCUT2D eigenvalue weighted by Crippen LogP contribution is -2.11. The molecule has 3 N–H and O–H groups in total. The van der Waals surface area contributed by atoms with Gasteiger partial charge in [0.2, 0.25) is 5.91 Å². The van der Waals surface area contributed by atoms with Gasteiger partial charge in [-0.1, -0.05) is 18.2 Å².